The molecule has 0 atom stereocenters. The summed E-state index contributed by atoms with van der Waals surface area (Å²) in [5.74, 6) is -0.153. The van der Waals surface area contributed by atoms with E-state index < -0.39 is 0 Å². The van der Waals surface area contributed by atoms with E-state index in [0.717, 1.165) is 45.3 Å². The summed E-state index contributed by atoms with van der Waals surface area (Å²) in [6, 6.07) is 23.3. The van der Waals surface area contributed by atoms with Gasteiger partial charge < -0.3 is 9.80 Å². The summed E-state index contributed by atoms with van der Waals surface area (Å²) in [5.41, 5.74) is 7.95. The molecule has 2 aliphatic carbocycles. The third-order valence-corrected chi connectivity index (χ3v) is 6.65. The van der Waals surface area contributed by atoms with Crippen LogP contribution in [0.15, 0.2) is 119 Å². The van der Waals surface area contributed by atoms with Crippen molar-refractivity contribution in [3.05, 3.63) is 132 Å². The van der Waals surface area contributed by atoms with Gasteiger partial charge in [-0.1, -0.05) is 0 Å². The van der Waals surface area contributed by atoms with Gasteiger partial charge in [0, 0.05) is 82.6 Å². The molecule has 0 spiro atoms. The maximum Gasteiger partial charge on any atom is 0.204 e. The zero-order chi connectivity index (χ0) is 29.6. The first kappa shape index (κ1) is 31.1. The predicted molar refractivity (Wildman–Crippen MR) is 169 cm³/mol. The summed E-state index contributed by atoms with van der Waals surface area (Å²) in [6.45, 7) is 0. The van der Waals surface area contributed by atoms with Crippen LogP contribution in [0.3, 0.4) is 0 Å². The number of aromatic nitrogens is 2. The Balaban J connectivity index is 0.000000192. The summed E-state index contributed by atoms with van der Waals surface area (Å²) in [6.07, 6.45) is 9.77. The van der Waals surface area contributed by atoms with Gasteiger partial charge in [0.25, 0.3) is 0 Å². The van der Waals surface area contributed by atoms with E-state index >= 15 is 0 Å². The second kappa shape index (κ2) is 13.9. The van der Waals surface area contributed by atoms with Crippen LogP contribution in [0.2, 0.25) is 0 Å². The Hall–Kier alpha value is -4.88. The molecule has 1 radical (unpaired) electrons. The van der Waals surface area contributed by atoms with Crippen LogP contribution in [-0.4, -0.2) is 61.1 Å². The SMILES string of the molecule is CN(C)c1ccc(/N=C2\C=CC(=O)c3ncccc32)cc1.CN(C)c1ccc(/N=C2\C=CC(=O)c3ncccc32)cc1.[Rh]. The number of nitrogens with zero attached hydrogens (tertiary/aromatic N) is 6. The molecule has 2 aliphatic rings. The van der Waals surface area contributed by atoms with E-state index in [9.17, 15) is 9.59 Å². The fourth-order valence-electron chi connectivity index (χ4n) is 4.39. The van der Waals surface area contributed by atoms with Crippen molar-refractivity contribution >= 4 is 45.7 Å². The minimum Gasteiger partial charge on any atom is -0.378 e. The van der Waals surface area contributed by atoms with Gasteiger partial charge in [-0.05, 0) is 97.1 Å². The number of rotatable bonds is 4. The van der Waals surface area contributed by atoms with Crippen LogP contribution in [0.4, 0.5) is 22.7 Å². The summed E-state index contributed by atoms with van der Waals surface area (Å²) >= 11 is 0. The van der Waals surface area contributed by atoms with Gasteiger partial charge in [0.05, 0.1) is 22.8 Å². The molecular formula is C34H30N6O2Rh. The van der Waals surface area contributed by atoms with Crippen LogP contribution in [0.25, 0.3) is 0 Å². The first-order chi connectivity index (χ1) is 20.3. The summed E-state index contributed by atoms with van der Waals surface area (Å²) in [7, 11) is 7.99. The molecule has 217 valence electrons. The van der Waals surface area contributed by atoms with E-state index in [1.165, 1.54) is 12.2 Å². The van der Waals surface area contributed by atoms with Crippen molar-refractivity contribution in [2.75, 3.05) is 38.0 Å². The van der Waals surface area contributed by atoms with E-state index in [2.05, 4.69) is 20.0 Å². The van der Waals surface area contributed by atoms with Gasteiger partial charge >= 0.3 is 0 Å². The molecule has 0 fully saturated rings. The number of anilines is 2. The molecule has 0 aliphatic heterocycles. The molecule has 2 aromatic heterocycles. The largest absolute Gasteiger partial charge is 0.378 e. The quantitative estimate of drug-likeness (QED) is 0.249. The first-order valence-corrected chi connectivity index (χ1v) is 13.4. The van der Waals surface area contributed by atoms with Gasteiger partial charge in [-0.3, -0.25) is 19.6 Å². The van der Waals surface area contributed by atoms with Gasteiger partial charge in [0.1, 0.15) is 11.4 Å². The molecule has 6 rings (SSSR count). The van der Waals surface area contributed by atoms with Crippen molar-refractivity contribution in [3.8, 4) is 0 Å². The zero-order valence-electron chi connectivity index (χ0n) is 24.2. The molecule has 4 aromatic rings. The molecule has 0 unspecified atom stereocenters. The van der Waals surface area contributed by atoms with Crippen LogP contribution in [0, 0.1) is 0 Å². The maximum absolute atomic E-state index is 11.8. The van der Waals surface area contributed by atoms with Gasteiger partial charge in [-0.25, -0.2) is 9.98 Å². The molecule has 2 heterocycles. The van der Waals surface area contributed by atoms with Crippen LogP contribution in [0.5, 0.6) is 0 Å². The molecule has 2 aromatic carbocycles. The molecule has 43 heavy (non-hydrogen) atoms. The first-order valence-electron chi connectivity index (χ1n) is 13.4. The Kier molecular flexibility index (Phi) is 10.0. The number of allylic oxidation sites excluding steroid dienone is 4. The van der Waals surface area contributed by atoms with Crippen LogP contribution >= 0.6 is 0 Å². The van der Waals surface area contributed by atoms with Gasteiger partial charge in [-0.15, -0.1) is 0 Å². The molecule has 0 N–H and O–H groups in total. The number of carbonyl (C=O) groups excluding carboxylic acids is 2. The fraction of sp³-hybridized carbons (Fsp3) is 0.118. The number of hydrogen-bond acceptors (Lipinski definition) is 8. The Bertz CT molecular complexity index is 1620. The van der Waals surface area contributed by atoms with Gasteiger partial charge in [0.2, 0.25) is 11.6 Å². The Morgan fingerprint density at radius 2 is 0.907 bits per heavy atom. The van der Waals surface area contributed by atoms with Crippen molar-refractivity contribution in [1.29, 1.82) is 0 Å². The number of carbonyl (C=O) groups is 2. The Labute approximate surface area is 264 Å². The molecule has 9 heteroatoms. The third kappa shape index (κ3) is 7.32. The van der Waals surface area contributed by atoms with Crippen molar-refractivity contribution < 1.29 is 29.1 Å². The monoisotopic (exact) mass is 657 g/mol. The smallest absolute Gasteiger partial charge is 0.204 e. The standard InChI is InChI=1S/2C17H15N3O.Rh/c2*1-20(2)13-7-5-12(6-8-13)19-15-9-10-16(21)17-14(15)4-3-11-18-17;/h2*3-11H,1-2H3;/b2*19-15+;. The molecule has 0 saturated carbocycles. The predicted octanol–water partition coefficient (Wildman–Crippen LogP) is 6.04. The van der Waals surface area contributed by atoms with Gasteiger partial charge in [-0.2, -0.15) is 0 Å². The molecule has 0 amide bonds. The van der Waals surface area contributed by atoms with Crippen molar-refractivity contribution in [3.63, 3.8) is 0 Å². The van der Waals surface area contributed by atoms with E-state index in [0.29, 0.717) is 11.4 Å². The fourth-order valence-corrected chi connectivity index (χ4v) is 4.39. The number of fused-ring (bicyclic) bond motifs is 2. The second-order valence-corrected chi connectivity index (χ2v) is 10.0. The van der Waals surface area contributed by atoms with Crippen LogP contribution < -0.4 is 9.80 Å². The topological polar surface area (TPSA) is 91.1 Å². The minimum atomic E-state index is -0.0764. The van der Waals surface area contributed by atoms with Crippen molar-refractivity contribution in [1.82, 2.24) is 9.97 Å². The number of hydrogen-bond donors (Lipinski definition) is 0. The number of benzene rings is 2. The Morgan fingerprint density at radius 3 is 1.26 bits per heavy atom. The molecule has 0 saturated heterocycles. The van der Waals surface area contributed by atoms with Crippen molar-refractivity contribution in [2.45, 2.75) is 0 Å². The third-order valence-electron chi connectivity index (χ3n) is 6.65. The Morgan fingerprint density at radius 1 is 0.535 bits per heavy atom. The zero-order valence-corrected chi connectivity index (χ0v) is 25.9. The van der Waals surface area contributed by atoms with E-state index in [-0.39, 0.29) is 31.0 Å². The molecular weight excluding hydrogens is 627 g/mol. The number of aliphatic imine (C=N–C) groups is 2. The summed E-state index contributed by atoms with van der Waals surface area (Å²) in [4.78, 5) is 45.2. The second-order valence-electron chi connectivity index (χ2n) is 10.0. The maximum atomic E-state index is 11.8. The molecule has 0 bridgehead atoms. The van der Waals surface area contributed by atoms with E-state index in [4.69, 9.17) is 0 Å². The van der Waals surface area contributed by atoms with Crippen LogP contribution in [-0.2, 0) is 19.5 Å². The number of pyridine rings is 2. The summed E-state index contributed by atoms with van der Waals surface area (Å²) < 4.78 is 0. The average Bonchev–Trinajstić information content (AvgIpc) is 3.01. The molecule has 8 nitrogen and oxygen atoms in total. The number of ketones is 2. The van der Waals surface area contributed by atoms with Crippen molar-refractivity contribution in [2.24, 2.45) is 9.98 Å². The summed E-state index contributed by atoms with van der Waals surface area (Å²) in [5, 5.41) is 0. The van der Waals surface area contributed by atoms with E-state index in [1.54, 1.807) is 24.5 Å². The minimum absolute atomic E-state index is 0. The van der Waals surface area contributed by atoms with Crippen LogP contribution in [0.1, 0.15) is 32.1 Å². The van der Waals surface area contributed by atoms with E-state index in [1.807, 2.05) is 111 Å². The average molecular weight is 658 g/mol. The van der Waals surface area contributed by atoms with Gasteiger partial charge in [0.15, 0.2) is 0 Å². The normalized spacial score (nSPS) is 14.8.